The summed E-state index contributed by atoms with van der Waals surface area (Å²) in [4.78, 5) is 28.5. The van der Waals surface area contributed by atoms with E-state index in [2.05, 4.69) is 16.8 Å². The molecule has 0 radical (unpaired) electrons. The summed E-state index contributed by atoms with van der Waals surface area (Å²) in [6.07, 6.45) is 1.61. The quantitative estimate of drug-likeness (QED) is 0.0761. The molecule has 0 saturated heterocycles. The van der Waals surface area contributed by atoms with Gasteiger partial charge in [0.15, 0.2) is 27.4 Å². The molecule has 0 saturated carbocycles. The molecule has 9 nitrogen and oxygen atoms in total. The Morgan fingerprint density at radius 2 is 2.00 bits per heavy atom. The van der Waals surface area contributed by atoms with E-state index >= 15 is 0 Å². The van der Waals surface area contributed by atoms with Gasteiger partial charge >= 0.3 is 0 Å². The molecular formula is C30H26ClN3O6S2. The van der Waals surface area contributed by atoms with E-state index in [1.54, 1.807) is 37.3 Å². The van der Waals surface area contributed by atoms with Crippen LogP contribution in [0.2, 0.25) is 5.02 Å². The van der Waals surface area contributed by atoms with Gasteiger partial charge in [-0.2, -0.15) is 0 Å². The van der Waals surface area contributed by atoms with Crippen LogP contribution in [0.5, 0.6) is 11.5 Å². The Morgan fingerprint density at radius 3 is 2.71 bits per heavy atom. The lowest BCUT2D eigenvalue weighted by Gasteiger charge is -2.24. The van der Waals surface area contributed by atoms with Crippen molar-refractivity contribution in [3.63, 3.8) is 0 Å². The Kier molecular flexibility index (Phi) is 9.00. The predicted molar refractivity (Wildman–Crippen MR) is 162 cm³/mol. The summed E-state index contributed by atoms with van der Waals surface area (Å²) in [6, 6.07) is 14.7. The number of Topliss-reactive ketones (excluding diaryl/α,β-unsaturated/α-hetero) is 1. The molecule has 12 heteroatoms. The fourth-order valence-corrected chi connectivity index (χ4v) is 6.54. The number of aliphatic hydroxyl groups excluding tert-OH is 1. The highest BCUT2D eigenvalue weighted by Crippen LogP contribution is 2.45. The SMILES string of the molecule is C=CCOc1ccc(C2C(C(=O)c3ccc(C)o3)=C(O)C(=O)N2c2nnc(SCc3ccccc3Cl)s2)cc1OCC. The Hall–Kier alpha value is -4.06. The van der Waals surface area contributed by atoms with Crippen molar-refractivity contribution in [1.29, 1.82) is 0 Å². The van der Waals surface area contributed by atoms with Crippen molar-refractivity contribution < 1.29 is 28.6 Å². The maximum atomic E-state index is 13.7. The second-order valence-corrected chi connectivity index (χ2v) is 11.6. The molecule has 0 fully saturated rings. The van der Waals surface area contributed by atoms with Crippen LogP contribution in [0.15, 0.2) is 87.3 Å². The van der Waals surface area contributed by atoms with E-state index in [9.17, 15) is 14.7 Å². The van der Waals surface area contributed by atoms with Gasteiger partial charge in [0, 0.05) is 10.8 Å². The molecule has 5 rings (SSSR count). The topological polar surface area (TPSA) is 115 Å². The van der Waals surface area contributed by atoms with Crippen LogP contribution in [0.3, 0.4) is 0 Å². The molecule has 1 aliphatic rings. The summed E-state index contributed by atoms with van der Waals surface area (Å²) in [5.41, 5.74) is 1.28. The number of hydrogen-bond acceptors (Lipinski definition) is 10. The molecule has 0 bridgehead atoms. The second kappa shape index (κ2) is 12.8. The van der Waals surface area contributed by atoms with Crippen LogP contribution < -0.4 is 14.4 Å². The molecular weight excluding hydrogens is 598 g/mol. The Labute approximate surface area is 255 Å². The van der Waals surface area contributed by atoms with Gasteiger partial charge < -0.3 is 19.0 Å². The molecule has 216 valence electrons. The van der Waals surface area contributed by atoms with Gasteiger partial charge in [-0.05, 0) is 55.3 Å². The Bertz CT molecular complexity index is 1680. The van der Waals surface area contributed by atoms with Crippen LogP contribution in [-0.4, -0.2) is 40.2 Å². The third-order valence-electron chi connectivity index (χ3n) is 6.27. The van der Waals surface area contributed by atoms with Gasteiger partial charge in [0.25, 0.3) is 5.91 Å². The predicted octanol–water partition coefficient (Wildman–Crippen LogP) is 7.13. The minimum atomic E-state index is -1.04. The fourth-order valence-electron chi connectivity index (χ4n) is 4.38. The molecule has 1 aliphatic heterocycles. The Morgan fingerprint density at radius 1 is 1.19 bits per heavy atom. The van der Waals surface area contributed by atoms with Gasteiger partial charge in [-0.25, -0.2) is 0 Å². The van der Waals surface area contributed by atoms with E-state index < -0.39 is 23.5 Å². The molecule has 3 heterocycles. The van der Waals surface area contributed by atoms with Gasteiger partial charge in [-0.15, -0.1) is 10.2 Å². The maximum absolute atomic E-state index is 13.7. The number of aliphatic hydroxyl groups is 1. The van der Waals surface area contributed by atoms with E-state index in [4.69, 9.17) is 25.5 Å². The van der Waals surface area contributed by atoms with Gasteiger partial charge in [-0.3, -0.25) is 14.5 Å². The van der Waals surface area contributed by atoms with Gasteiger partial charge in [-0.1, -0.05) is 71.6 Å². The van der Waals surface area contributed by atoms with Crippen molar-refractivity contribution >= 4 is 51.5 Å². The molecule has 2 aromatic carbocycles. The first-order valence-electron chi connectivity index (χ1n) is 12.9. The lowest BCUT2D eigenvalue weighted by Crippen LogP contribution is -2.31. The third kappa shape index (κ3) is 5.94. The Balaban J connectivity index is 1.54. The lowest BCUT2D eigenvalue weighted by molar-refractivity contribution is -0.117. The van der Waals surface area contributed by atoms with Crippen molar-refractivity contribution in [3.8, 4) is 11.5 Å². The summed E-state index contributed by atoms with van der Waals surface area (Å²) in [7, 11) is 0. The largest absolute Gasteiger partial charge is 0.503 e. The summed E-state index contributed by atoms with van der Waals surface area (Å²) in [5, 5.41) is 20.5. The first-order valence-corrected chi connectivity index (χ1v) is 15.1. The van der Waals surface area contributed by atoms with Gasteiger partial charge in [0.2, 0.25) is 10.9 Å². The van der Waals surface area contributed by atoms with Gasteiger partial charge in [0.1, 0.15) is 12.4 Å². The average molecular weight is 624 g/mol. The van der Waals surface area contributed by atoms with Crippen LogP contribution in [0.1, 0.15) is 40.4 Å². The van der Waals surface area contributed by atoms with Crippen molar-refractivity contribution in [2.75, 3.05) is 18.1 Å². The zero-order chi connectivity index (χ0) is 29.8. The zero-order valence-corrected chi connectivity index (χ0v) is 25.1. The smallest absolute Gasteiger partial charge is 0.296 e. The number of halogens is 1. The molecule has 1 atom stereocenters. The monoisotopic (exact) mass is 623 g/mol. The van der Waals surface area contributed by atoms with Crippen molar-refractivity contribution in [2.24, 2.45) is 0 Å². The number of hydrogen-bond donors (Lipinski definition) is 1. The average Bonchev–Trinajstić information content (AvgIpc) is 3.70. The first-order chi connectivity index (χ1) is 20.3. The molecule has 1 N–H and O–H groups in total. The van der Waals surface area contributed by atoms with E-state index in [-0.39, 0.29) is 23.1 Å². The van der Waals surface area contributed by atoms with E-state index in [1.165, 1.54) is 34.1 Å². The van der Waals surface area contributed by atoms with Crippen LogP contribution in [-0.2, 0) is 10.5 Å². The first kappa shape index (κ1) is 29.4. The number of carbonyl (C=O) groups excluding carboxylic acids is 2. The van der Waals surface area contributed by atoms with Gasteiger partial charge in [0.05, 0.1) is 18.2 Å². The number of thioether (sulfide) groups is 1. The maximum Gasteiger partial charge on any atom is 0.296 e. The second-order valence-electron chi connectivity index (χ2n) is 9.05. The van der Waals surface area contributed by atoms with Crippen LogP contribution >= 0.6 is 34.7 Å². The number of nitrogens with zero attached hydrogens (tertiary/aromatic N) is 3. The standard InChI is InChI=1S/C30H26ClN3O6S2/c1-4-14-39-21-13-11-18(15-23(21)38-5-2)25-24(26(35)22-12-10-17(3)40-22)27(36)28(37)34(25)29-32-33-30(42-29)41-16-19-8-6-7-9-20(19)31/h4,6-13,15,25,36H,1,5,14,16H2,2-3H3. The van der Waals surface area contributed by atoms with Crippen LogP contribution in [0, 0.1) is 6.92 Å². The highest BCUT2D eigenvalue weighted by Gasteiger charge is 2.47. The molecule has 2 aromatic heterocycles. The minimum Gasteiger partial charge on any atom is -0.503 e. The zero-order valence-electron chi connectivity index (χ0n) is 22.7. The molecule has 1 unspecified atom stereocenters. The number of rotatable bonds is 12. The van der Waals surface area contributed by atoms with Crippen molar-refractivity contribution in [1.82, 2.24) is 10.2 Å². The molecule has 0 aliphatic carbocycles. The number of amides is 1. The number of aryl methyl sites for hydroxylation is 1. The van der Waals surface area contributed by atoms with Crippen LogP contribution in [0.25, 0.3) is 0 Å². The number of ketones is 1. The summed E-state index contributed by atoms with van der Waals surface area (Å²) >= 11 is 8.87. The number of ether oxygens (including phenoxy) is 2. The number of carbonyl (C=O) groups is 2. The number of furan rings is 1. The van der Waals surface area contributed by atoms with E-state index in [0.717, 1.165) is 5.56 Å². The fraction of sp³-hybridized carbons (Fsp3) is 0.200. The molecule has 42 heavy (non-hydrogen) atoms. The normalized spacial score (nSPS) is 14.9. The third-order valence-corrected chi connectivity index (χ3v) is 8.74. The highest BCUT2D eigenvalue weighted by atomic mass is 35.5. The number of anilines is 1. The minimum absolute atomic E-state index is 0.00193. The molecule has 1 amide bonds. The lowest BCUT2D eigenvalue weighted by atomic mass is 9.95. The van der Waals surface area contributed by atoms with E-state index in [1.807, 2.05) is 31.2 Å². The summed E-state index contributed by atoms with van der Waals surface area (Å²) < 4.78 is 17.7. The van der Waals surface area contributed by atoms with Crippen molar-refractivity contribution in [2.45, 2.75) is 30.0 Å². The number of benzene rings is 2. The van der Waals surface area contributed by atoms with E-state index in [0.29, 0.717) is 44.5 Å². The van der Waals surface area contributed by atoms with Crippen molar-refractivity contribution in [3.05, 3.63) is 106 Å². The van der Waals surface area contributed by atoms with Crippen LogP contribution in [0.4, 0.5) is 5.13 Å². The molecule has 4 aromatic rings. The number of aromatic nitrogens is 2. The molecule has 0 spiro atoms. The summed E-state index contributed by atoms with van der Waals surface area (Å²) in [6.45, 7) is 7.82. The summed E-state index contributed by atoms with van der Waals surface area (Å²) in [5.74, 6) is -0.164. The highest BCUT2D eigenvalue weighted by molar-refractivity contribution is 8.00.